The Kier molecular flexibility index (Phi) is 5.72. The fourth-order valence-corrected chi connectivity index (χ4v) is 5.87. The van der Waals surface area contributed by atoms with Crippen molar-refractivity contribution in [3.05, 3.63) is 34.7 Å². The maximum atomic E-state index is 12.8. The van der Waals surface area contributed by atoms with Crippen molar-refractivity contribution in [3.63, 3.8) is 0 Å². The molecule has 162 valence electrons. The molecule has 0 unspecified atom stereocenters. The van der Waals surface area contributed by atoms with Crippen molar-refractivity contribution < 1.29 is 13.2 Å². The van der Waals surface area contributed by atoms with Crippen molar-refractivity contribution in [1.82, 2.24) is 9.62 Å². The zero-order chi connectivity index (χ0) is 21.4. The molecule has 30 heavy (non-hydrogen) atoms. The fourth-order valence-electron chi connectivity index (χ4n) is 4.69. The highest BCUT2D eigenvalue weighted by atomic mass is 32.2. The maximum Gasteiger partial charge on any atom is 0.253 e. The number of hydrogen-bond donors (Lipinski definition) is 2. The maximum absolute atomic E-state index is 12.8. The number of benzene rings is 1. The van der Waals surface area contributed by atoms with E-state index in [0.29, 0.717) is 37.5 Å². The van der Waals surface area contributed by atoms with Gasteiger partial charge in [-0.2, -0.15) is 4.31 Å². The van der Waals surface area contributed by atoms with Crippen molar-refractivity contribution in [2.45, 2.75) is 57.4 Å². The third-order valence-electron chi connectivity index (χ3n) is 6.61. The summed E-state index contributed by atoms with van der Waals surface area (Å²) in [5, 5.41) is 4.26. The van der Waals surface area contributed by atoms with Crippen LogP contribution in [0.2, 0.25) is 0 Å². The number of hydrogen-bond acceptors (Lipinski definition) is 5. The number of nitrogens with one attached hydrogen (secondary N) is 1. The van der Waals surface area contributed by atoms with E-state index in [1.54, 1.807) is 12.1 Å². The highest BCUT2D eigenvalue weighted by molar-refractivity contribution is 7.92. The molecular formula is C22H30N4O3S. The number of aliphatic imine (C=N–C) groups is 1. The van der Waals surface area contributed by atoms with Crippen LogP contribution in [0, 0.1) is 12.8 Å². The van der Waals surface area contributed by atoms with Gasteiger partial charge in [0.15, 0.2) is 0 Å². The minimum absolute atomic E-state index is 0.0619. The first-order chi connectivity index (χ1) is 14.3. The van der Waals surface area contributed by atoms with Crippen LogP contribution in [0.5, 0.6) is 0 Å². The Morgan fingerprint density at radius 3 is 2.57 bits per heavy atom. The van der Waals surface area contributed by atoms with E-state index in [4.69, 9.17) is 10.7 Å². The van der Waals surface area contributed by atoms with E-state index in [-0.39, 0.29) is 5.91 Å². The topological polar surface area (TPSA) is 105 Å². The number of sulfonamides is 1. The first-order valence-electron chi connectivity index (χ1n) is 10.7. The van der Waals surface area contributed by atoms with E-state index in [1.165, 1.54) is 29.0 Å². The molecule has 0 aromatic heterocycles. The fraction of sp³-hybridized carbons (Fsp3) is 0.545. The standard InChI is InChI=1S/C22H30N4O3S/c1-16-15-19(23)8-7-17(16)9-14-30(28,29)26-12-10-22(11-13-26)21(27)24-20(25-22)18-5-3-2-4-6-18/h7-9,14-15,18H,2-6,10-13,23H2,1H3,(H,24,25,27)/b14-9+. The van der Waals surface area contributed by atoms with Crippen LogP contribution in [-0.4, -0.2) is 43.1 Å². The number of amides is 1. The largest absolute Gasteiger partial charge is 0.399 e. The van der Waals surface area contributed by atoms with E-state index in [1.807, 2.05) is 19.1 Å². The monoisotopic (exact) mass is 430 g/mol. The molecule has 1 saturated carbocycles. The molecule has 1 spiro atoms. The lowest BCUT2D eigenvalue weighted by Gasteiger charge is -2.34. The number of aryl methyl sites for hydroxylation is 1. The molecule has 1 saturated heterocycles. The number of amidine groups is 1. The highest BCUT2D eigenvalue weighted by Crippen LogP contribution is 2.35. The smallest absolute Gasteiger partial charge is 0.253 e. The lowest BCUT2D eigenvalue weighted by Crippen LogP contribution is -2.50. The van der Waals surface area contributed by atoms with E-state index < -0.39 is 15.6 Å². The lowest BCUT2D eigenvalue weighted by molar-refractivity contribution is -0.124. The van der Waals surface area contributed by atoms with Gasteiger partial charge < -0.3 is 11.1 Å². The SMILES string of the molecule is Cc1cc(N)ccc1/C=C/S(=O)(=O)N1CCC2(CC1)N=C(C1CCCCC1)NC2=O. The van der Waals surface area contributed by atoms with E-state index >= 15 is 0 Å². The molecule has 2 aliphatic heterocycles. The van der Waals surface area contributed by atoms with E-state index in [2.05, 4.69) is 5.32 Å². The summed E-state index contributed by atoms with van der Waals surface area (Å²) in [4.78, 5) is 17.5. The zero-order valence-electron chi connectivity index (χ0n) is 17.4. The summed E-state index contributed by atoms with van der Waals surface area (Å²) in [5.41, 5.74) is 7.35. The number of anilines is 1. The quantitative estimate of drug-likeness (QED) is 0.717. The first kappa shape index (κ1) is 21.1. The average Bonchev–Trinajstić information content (AvgIpc) is 3.04. The minimum atomic E-state index is -3.56. The van der Waals surface area contributed by atoms with Crippen LogP contribution >= 0.6 is 0 Å². The normalized spacial score (nSPS) is 23.1. The summed E-state index contributed by atoms with van der Waals surface area (Å²) >= 11 is 0. The Morgan fingerprint density at radius 1 is 1.20 bits per heavy atom. The summed E-state index contributed by atoms with van der Waals surface area (Å²) in [6, 6.07) is 5.38. The van der Waals surface area contributed by atoms with Gasteiger partial charge in [0.25, 0.3) is 5.91 Å². The number of nitrogens with zero attached hydrogens (tertiary/aromatic N) is 2. The van der Waals surface area contributed by atoms with Crippen molar-refractivity contribution in [3.8, 4) is 0 Å². The molecular weight excluding hydrogens is 400 g/mol. The highest BCUT2D eigenvalue weighted by Gasteiger charge is 2.48. The molecule has 4 rings (SSSR count). The van der Waals surface area contributed by atoms with Crippen LogP contribution in [-0.2, 0) is 14.8 Å². The molecule has 7 nitrogen and oxygen atoms in total. The molecule has 1 amide bonds. The zero-order valence-corrected chi connectivity index (χ0v) is 18.2. The van der Waals surface area contributed by atoms with Gasteiger partial charge in [-0.15, -0.1) is 0 Å². The number of carbonyl (C=O) groups excluding carboxylic acids is 1. The third-order valence-corrected chi connectivity index (χ3v) is 8.18. The molecule has 8 heteroatoms. The molecule has 0 bridgehead atoms. The summed E-state index contributed by atoms with van der Waals surface area (Å²) in [6.07, 6.45) is 8.20. The predicted octanol–water partition coefficient (Wildman–Crippen LogP) is 2.82. The minimum Gasteiger partial charge on any atom is -0.399 e. The van der Waals surface area contributed by atoms with Gasteiger partial charge in [0, 0.05) is 30.1 Å². The Balaban J connectivity index is 1.43. The average molecular weight is 431 g/mol. The van der Waals surface area contributed by atoms with Gasteiger partial charge >= 0.3 is 0 Å². The van der Waals surface area contributed by atoms with Gasteiger partial charge in [-0.05, 0) is 61.9 Å². The summed E-state index contributed by atoms with van der Waals surface area (Å²) < 4.78 is 27.1. The van der Waals surface area contributed by atoms with Crippen LogP contribution in [0.1, 0.15) is 56.1 Å². The number of rotatable bonds is 4. The second-order valence-electron chi connectivity index (χ2n) is 8.68. The molecule has 1 aliphatic carbocycles. The number of carbonyl (C=O) groups is 1. The first-order valence-corrected chi connectivity index (χ1v) is 12.2. The molecule has 2 heterocycles. The molecule has 2 fully saturated rings. The summed E-state index contributed by atoms with van der Waals surface area (Å²) in [7, 11) is -3.56. The van der Waals surface area contributed by atoms with Crippen molar-refractivity contribution >= 4 is 33.5 Å². The second kappa shape index (κ2) is 8.15. The number of nitrogen functional groups attached to an aromatic ring is 1. The van der Waals surface area contributed by atoms with Gasteiger partial charge in [-0.1, -0.05) is 25.3 Å². The van der Waals surface area contributed by atoms with Gasteiger partial charge in [0.05, 0.1) is 0 Å². The van der Waals surface area contributed by atoms with E-state index in [9.17, 15) is 13.2 Å². The molecule has 1 aromatic carbocycles. The Labute approximate surface area is 178 Å². The van der Waals surface area contributed by atoms with Crippen LogP contribution < -0.4 is 11.1 Å². The van der Waals surface area contributed by atoms with E-state index in [0.717, 1.165) is 29.8 Å². The van der Waals surface area contributed by atoms with Crippen LogP contribution in [0.4, 0.5) is 5.69 Å². The second-order valence-corrected chi connectivity index (χ2v) is 10.5. The van der Waals surface area contributed by atoms with Gasteiger partial charge in [0.2, 0.25) is 10.0 Å². The molecule has 0 atom stereocenters. The van der Waals surface area contributed by atoms with Gasteiger partial charge in [0.1, 0.15) is 11.4 Å². The van der Waals surface area contributed by atoms with Gasteiger partial charge in [-0.25, -0.2) is 8.42 Å². The number of piperidine rings is 1. The Hall–Kier alpha value is -2.19. The van der Waals surface area contributed by atoms with Crippen molar-refractivity contribution in [2.24, 2.45) is 10.9 Å². The lowest BCUT2D eigenvalue weighted by atomic mass is 9.88. The van der Waals surface area contributed by atoms with Crippen LogP contribution in [0.15, 0.2) is 28.6 Å². The van der Waals surface area contributed by atoms with Crippen molar-refractivity contribution in [2.75, 3.05) is 18.8 Å². The van der Waals surface area contributed by atoms with Gasteiger partial charge in [-0.3, -0.25) is 9.79 Å². The summed E-state index contributed by atoms with van der Waals surface area (Å²) in [5.74, 6) is 1.11. The molecule has 3 aliphatic rings. The Bertz CT molecular complexity index is 986. The molecule has 1 aromatic rings. The number of nitrogens with two attached hydrogens (primary N) is 1. The summed E-state index contributed by atoms with van der Waals surface area (Å²) in [6.45, 7) is 2.48. The predicted molar refractivity (Wildman–Crippen MR) is 119 cm³/mol. The third kappa shape index (κ3) is 4.16. The van der Waals surface area contributed by atoms with Crippen LogP contribution in [0.3, 0.4) is 0 Å². The molecule has 0 radical (unpaired) electrons. The van der Waals surface area contributed by atoms with Crippen LogP contribution in [0.25, 0.3) is 6.08 Å². The van der Waals surface area contributed by atoms with Crippen molar-refractivity contribution in [1.29, 1.82) is 0 Å². The Morgan fingerprint density at radius 2 is 1.90 bits per heavy atom. The molecule has 3 N–H and O–H groups in total.